The molecule has 0 unspecified atom stereocenters. The van der Waals surface area contributed by atoms with Crippen LogP contribution in [0.2, 0.25) is 0 Å². The number of pyridine rings is 3. The van der Waals surface area contributed by atoms with Crippen molar-refractivity contribution in [3.05, 3.63) is 150 Å². The summed E-state index contributed by atoms with van der Waals surface area (Å²) in [6, 6.07) is 40.1. The predicted octanol–water partition coefficient (Wildman–Crippen LogP) is 10.8. The maximum Gasteiger partial charge on any atom is 0.216 e. The Bertz CT molecular complexity index is 2310. The third kappa shape index (κ3) is 6.64. The summed E-state index contributed by atoms with van der Waals surface area (Å²) in [6.45, 7) is 10.3. The van der Waals surface area contributed by atoms with Crippen molar-refractivity contribution >= 4 is 32.8 Å². The van der Waals surface area contributed by atoms with Crippen LogP contribution in [-0.4, -0.2) is 15.0 Å². The zero-order chi connectivity index (χ0) is 31.8. The van der Waals surface area contributed by atoms with Crippen LogP contribution in [0, 0.1) is 46.8 Å². The number of rotatable bonds is 3. The number of furan rings is 1. The number of fused-ring (bicyclic) bond motifs is 4. The number of hydrogen-bond donors (Lipinski definition) is 0. The van der Waals surface area contributed by atoms with Gasteiger partial charge in [-0.15, -0.1) is 53.6 Å². The minimum Gasteiger partial charge on any atom is -0.486 e. The minimum atomic E-state index is 0. The van der Waals surface area contributed by atoms with Crippen LogP contribution in [0.1, 0.15) is 27.9 Å². The summed E-state index contributed by atoms with van der Waals surface area (Å²) in [4.78, 5) is 13.6. The number of nitrogens with zero attached hydrogens (tertiary/aromatic N) is 3. The molecule has 47 heavy (non-hydrogen) atoms. The molecule has 4 aromatic heterocycles. The fraction of sp³-hybridized carbons (Fsp3) is 0.119. The van der Waals surface area contributed by atoms with Gasteiger partial charge in [0, 0.05) is 43.6 Å². The van der Waals surface area contributed by atoms with Crippen LogP contribution < -0.4 is 0 Å². The van der Waals surface area contributed by atoms with Gasteiger partial charge in [0.1, 0.15) is 0 Å². The van der Waals surface area contributed by atoms with Gasteiger partial charge in [0.25, 0.3) is 0 Å². The first-order valence-corrected chi connectivity index (χ1v) is 15.4. The molecule has 0 N–H and O–H groups in total. The zero-order valence-electron chi connectivity index (χ0n) is 27.0. The molecule has 0 amide bonds. The first-order chi connectivity index (χ1) is 22.3. The molecule has 5 heteroatoms. The molecule has 0 spiro atoms. The van der Waals surface area contributed by atoms with Crippen molar-refractivity contribution in [1.29, 1.82) is 0 Å². The Kier molecular flexibility index (Phi) is 9.13. The largest absolute Gasteiger partial charge is 0.486 e. The van der Waals surface area contributed by atoms with E-state index in [0.717, 1.165) is 55.7 Å². The summed E-state index contributed by atoms with van der Waals surface area (Å²) in [5, 5.41) is 4.53. The number of benzene rings is 4. The molecule has 1 radical (unpaired) electrons. The van der Waals surface area contributed by atoms with Crippen LogP contribution in [0.5, 0.6) is 0 Å². The standard InChI is InChI=1S/C29H21N2O.C13H12N.Ir/c1-17-7-9-20-10-11-21(14-22(20)13-17)26-15-27(30-16-18(26)2)25-6-4-5-23-24-12-8-19(3)31-29(24)32-28(23)25;1-10-3-6-12(7-4-10)13-8-5-11(2)9-14-13;/h4-5,7-16H,1-3H3;3-6,8-9H,1-2H3;/q2*-1;. The molecule has 0 fully saturated rings. The molecule has 8 rings (SSSR count). The molecule has 0 aliphatic heterocycles. The van der Waals surface area contributed by atoms with Gasteiger partial charge in [0.05, 0.1) is 5.58 Å². The van der Waals surface area contributed by atoms with Crippen molar-refractivity contribution < 1.29 is 24.5 Å². The van der Waals surface area contributed by atoms with Crippen LogP contribution in [0.25, 0.3) is 66.5 Å². The minimum absolute atomic E-state index is 0. The van der Waals surface area contributed by atoms with Gasteiger partial charge in [-0.25, -0.2) is 4.98 Å². The van der Waals surface area contributed by atoms with Gasteiger partial charge in [0.2, 0.25) is 5.71 Å². The first kappa shape index (κ1) is 32.0. The van der Waals surface area contributed by atoms with Gasteiger partial charge in [-0.2, -0.15) is 0 Å². The molecule has 0 saturated heterocycles. The Morgan fingerprint density at radius 1 is 0.617 bits per heavy atom. The first-order valence-electron chi connectivity index (χ1n) is 15.4. The van der Waals surface area contributed by atoms with Crippen LogP contribution in [0.4, 0.5) is 0 Å². The van der Waals surface area contributed by atoms with E-state index in [0.29, 0.717) is 5.71 Å². The smallest absolute Gasteiger partial charge is 0.216 e. The van der Waals surface area contributed by atoms with Gasteiger partial charge in [0.15, 0.2) is 0 Å². The summed E-state index contributed by atoms with van der Waals surface area (Å²) in [7, 11) is 0. The third-order valence-corrected chi connectivity index (χ3v) is 8.26. The van der Waals surface area contributed by atoms with E-state index < -0.39 is 0 Å². The van der Waals surface area contributed by atoms with Crippen LogP contribution >= 0.6 is 0 Å². The Balaban J connectivity index is 0.000000217. The monoisotopic (exact) mass is 788 g/mol. The van der Waals surface area contributed by atoms with Crippen molar-refractivity contribution in [2.24, 2.45) is 0 Å². The molecule has 4 aromatic carbocycles. The van der Waals surface area contributed by atoms with Crippen molar-refractivity contribution in [2.45, 2.75) is 34.6 Å². The second-order valence-corrected chi connectivity index (χ2v) is 12.0. The maximum absolute atomic E-state index is 6.18. The average Bonchev–Trinajstić information content (AvgIpc) is 3.43. The van der Waals surface area contributed by atoms with E-state index >= 15 is 0 Å². The number of hydrogen-bond acceptors (Lipinski definition) is 4. The normalized spacial score (nSPS) is 10.9. The molecule has 4 heterocycles. The van der Waals surface area contributed by atoms with Crippen LogP contribution in [0.3, 0.4) is 0 Å². The van der Waals surface area contributed by atoms with E-state index in [4.69, 9.17) is 9.40 Å². The van der Waals surface area contributed by atoms with Crippen molar-refractivity contribution in [3.8, 4) is 33.6 Å². The molecule has 233 valence electrons. The molecule has 0 saturated carbocycles. The Hall–Kier alpha value is -4.96. The molecule has 0 aliphatic carbocycles. The summed E-state index contributed by atoms with van der Waals surface area (Å²) in [5.74, 6) is 0. The van der Waals surface area contributed by atoms with Crippen molar-refractivity contribution in [1.82, 2.24) is 15.0 Å². The Labute approximate surface area is 288 Å². The molecule has 0 atom stereocenters. The van der Waals surface area contributed by atoms with E-state index in [1.807, 2.05) is 62.6 Å². The van der Waals surface area contributed by atoms with E-state index in [2.05, 4.69) is 104 Å². The fourth-order valence-corrected chi connectivity index (χ4v) is 5.70. The van der Waals surface area contributed by atoms with E-state index in [-0.39, 0.29) is 20.1 Å². The number of aryl methyl sites for hydroxylation is 5. The van der Waals surface area contributed by atoms with E-state index in [1.54, 1.807) is 0 Å². The van der Waals surface area contributed by atoms with E-state index in [9.17, 15) is 0 Å². The van der Waals surface area contributed by atoms with Crippen molar-refractivity contribution in [2.75, 3.05) is 0 Å². The summed E-state index contributed by atoms with van der Waals surface area (Å²) in [6.07, 6.45) is 3.81. The zero-order valence-corrected chi connectivity index (χ0v) is 29.4. The summed E-state index contributed by atoms with van der Waals surface area (Å²) >= 11 is 0. The van der Waals surface area contributed by atoms with Gasteiger partial charge in [-0.05, 0) is 90.3 Å². The Morgan fingerprint density at radius 3 is 2.19 bits per heavy atom. The number of aromatic nitrogens is 3. The average molecular weight is 788 g/mol. The fourth-order valence-electron chi connectivity index (χ4n) is 5.70. The molecule has 4 nitrogen and oxygen atoms in total. The molecular weight excluding hydrogens is 755 g/mol. The predicted molar refractivity (Wildman–Crippen MR) is 189 cm³/mol. The van der Waals surface area contributed by atoms with Crippen LogP contribution in [-0.2, 0) is 20.1 Å². The summed E-state index contributed by atoms with van der Waals surface area (Å²) < 4.78 is 6.18. The maximum atomic E-state index is 6.18. The summed E-state index contributed by atoms with van der Waals surface area (Å²) in [5.41, 5.74) is 13.2. The topological polar surface area (TPSA) is 51.8 Å². The SMILES string of the molecule is Cc1c[c-]c(-c2ccc(C)cn2)cc1.Cc1ccc2ccc(-c3cc(-c4[c-]ccc5c4oc4nc(C)ccc45)ncc3C)cc2c1.[Ir]. The molecule has 0 bridgehead atoms. The Morgan fingerprint density at radius 2 is 1.40 bits per heavy atom. The third-order valence-electron chi connectivity index (χ3n) is 8.26. The van der Waals surface area contributed by atoms with Gasteiger partial charge in [-0.1, -0.05) is 72.0 Å². The molecular formula is C42H33IrN3O-2. The van der Waals surface area contributed by atoms with Crippen LogP contribution in [0.15, 0.2) is 114 Å². The van der Waals surface area contributed by atoms with Gasteiger partial charge >= 0.3 is 0 Å². The quantitative estimate of drug-likeness (QED) is 0.167. The van der Waals surface area contributed by atoms with Gasteiger partial charge in [-0.3, -0.25) is 0 Å². The second kappa shape index (κ2) is 13.4. The molecule has 8 aromatic rings. The van der Waals surface area contributed by atoms with Crippen molar-refractivity contribution in [3.63, 3.8) is 0 Å². The van der Waals surface area contributed by atoms with E-state index in [1.165, 1.54) is 33.0 Å². The molecule has 0 aliphatic rings. The van der Waals surface area contributed by atoms with Gasteiger partial charge < -0.3 is 14.4 Å². The second-order valence-electron chi connectivity index (χ2n) is 12.0.